The van der Waals surface area contributed by atoms with E-state index in [0.29, 0.717) is 12.1 Å². The van der Waals surface area contributed by atoms with Gasteiger partial charge < -0.3 is 10.2 Å². The van der Waals surface area contributed by atoms with Crippen LogP contribution in [0, 0.1) is 5.82 Å². The molecule has 1 aromatic carbocycles. The third-order valence-electron chi connectivity index (χ3n) is 3.41. The number of hydrogen-bond donors (Lipinski definition) is 1. The van der Waals surface area contributed by atoms with Crippen molar-refractivity contribution in [2.45, 2.75) is 25.4 Å². The zero-order valence-corrected chi connectivity index (χ0v) is 9.86. The summed E-state index contributed by atoms with van der Waals surface area (Å²) in [6.07, 6.45) is 1.00. The average Bonchev–Trinajstić information content (AvgIpc) is 2.70. The van der Waals surface area contributed by atoms with Crippen molar-refractivity contribution in [3.05, 3.63) is 35.6 Å². The first-order valence-electron chi connectivity index (χ1n) is 6.07. The van der Waals surface area contributed by atoms with Gasteiger partial charge in [0, 0.05) is 19.1 Å². The van der Waals surface area contributed by atoms with Gasteiger partial charge in [0.15, 0.2) is 5.96 Å². The summed E-state index contributed by atoms with van der Waals surface area (Å²) in [6.45, 7) is 3.97. The summed E-state index contributed by atoms with van der Waals surface area (Å²) in [7, 11) is 0. The van der Waals surface area contributed by atoms with E-state index in [9.17, 15) is 4.39 Å². The van der Waals surface area contributed by atoms with E-state index in [4.69, 9.17) is 0 Å². The summed E-state index contributed by atoms with van der Waals surface area (Å²) in [5.74, 6) is 0.824. The molecule has 0 saturated carbocycles. The van der Waals surface area contributed by atoms with Crippen molar-refractivity contribution in [1.82, 2.24) is 10.2 Å². The normalized spacial score (nSPS) is 27.4. The standard InChI is InChI=1S/C13H16FN3/c1-9-8-17-12(6-7-15-13(17)16-9)10-2-4-11(14)5-3-10/h2-5,9,12H,6-8H2,1H3,(H,15,16). The van der Waals surface area contributed by atoms with Gasteiger partial charge in [0.1, 0.15) is 5.82 Å². The smallest absolute Gasteiger partial charge is 0.194 e. The molecule has 1 fully saturated rings. The maximum atomic E-state index is 12.9. The number of benzene rings is 1. The van der Waals surface area contributed by atoms with Gasteiger partial charge >= 0.3 is 0 Å². The highest BCUT2D eigenvalue weighted by atomic mass is 19.1. The van der Waals surface area contributed by atoms with Crippen LogP contribution < -0.4 is 5.32 Å². The molecule has 2 aliphatic heterocycles. The van der Waals surface area contributed by atoms with Crippen molar-refractivity contribution in [2.24, 2.45) is 4.99 Å². The van der Waals surface area contributed by atoms with Crippen molar-refractivity contribution < 1.29 is 4.39 Å². The van der Waals surface area contributed by atoms with Crippen LogP contribution in [0.3, 0.4) is 0 Å². The van der Waals surface area contributed by atoms with Crippen molar-refractivity contribution in [1.29, 1.82) is 0 Å². The number of guanidine groups is 1. The first kappa shape index (κ1) is 10.6. The summed E-state index contributed by atoms with van der Waals surface area (Å²) in [6, 6.07) is 7.61. The highest BCUT2D eigenvalue weighted by Crippen LogP contribution is 2.29. The van der Waals surface area contributed by atoms with Crippen molar-refractivity contribution in [3.8, 4) is 0 Å². The monoisotopic (exact) mass is 233 g/mol. The van der Waals surface area contributed by atoms with Gasteiger partial charge in [-0.2, -0.15) is 0 Å². The Morgan fingerprint density at radius 2 is 2.12 bits per heavy atom. The van der Waals surface area contributed by atoms with Gasteiger partial charge in [-0.15, -0.1) is 0 Å². The first-order valence-corrected chi connectivity index (χ1v) is 6.07. The lowest BCUT2D eigenvalue weighted by Gasteiger charge is -2.32. The van der Waals surface area contributed by atoms with Crippen LogP contribution in [0.4, 0.5) is 4.39 Å². The Balaban J connectivity index is 1.89. The van der Waals surface area contributed by atoms with Crippen LogP contribution >= 0.6 is 0 Å². The highest BCUT2D eigenvalue weighted by Gasteiger charge is 2.33. The second-order valence-corrected chi connectivity index (χ2v) is 4.76. The van der Waals surface area contributed by atoms with Crippen LogP contribution in [0.5, 0.6) is 0 Å². The molecule has 2 heterocycles. The minimum atomic E-state index is -0.175. The maximum Gasteiger partial charge on any atom is 0.194 e. The van der Waals surface area contributed by atoms with Crippen LogP contribution in [0.25, 0.3) is 0 Å². The van der Waals surface area contributed by atoms with E-state index < -0.39 is 0 Å². The molecule has 1 N–H and O–H groups in total. The summed E-state index contributed by atoms with van der Waals surface area (Å²) in [5, 5.41) is 3.37. The Hall–Kier alpha value is -1.58. The Kier molecular flexibility index (Phi) is 2.50. The molecule has 1 aromatic rings. The fourth-order valence-corrected chi connectivity index (χ4v) is 2.62. The minimum absolute atomic E-state index is 0.175. The molecular formula is C13H16FN3. The van der Waals surface area contributed by atoms with Gasteiger partial charge in [0.25, 0.3) is 0 Å². The summed E-state index contributed by atoms with van der Waals surface area (Å²) < 4.78 is 12.9. The average molecular weight is 233 g/mol. The Labute approximate surface area is 100 Å². The van der Waals surface area contributed by atoms with E-state index in [0.717, 1.165) is 25.5 Å². The molecule has 0 aliphatic carbocycles. The lowest BCUT2D eigenvalue weighted by Crippen LogP contribution is -2.37. The van der Waals surface area contributed by atoms with Crippen LogP contribution in [0.2, 0.25) is 0 Å². The molecule has 2 atom stereocenters. The van der Waals surface area contributed by atoms with E-state index in [1.54, 1.807) is 0 Å². The second kappa shape index (κ2) is 4.02. The molecule has 0 radical (unpaired) electrons. The number of aliphatic imine (C=N–C) groups is 1. The lowest BCUT2D eigenvalue weighted by atomic mass is 10.0. The first-order chi connectivity index (χ1) is 8.24. The van der Waals surface area contributed by atoms with Gasteiger partial charge in [-0.05, 0) is 31.0 Å². The van der Waals surface area contributed by atoms with Crippen LogP contribution in [-0.4, -0.2) is 30.0 Å². The summed E-state index contributed by atoms with van der Waals surface area (Å²) in [5.41, 5.74) is 1.18. The Morgan fingerprint density at radius 3 is 2.88 bits per heavy atom. The molecule has 2 unspecified atom stereocenters. The van der Waals surface area contributed by atoms with Gasteiger partial charge in [0.05, 0.1) is 6.04 Å². The summed E-state index contributed by atoms with van der Waals surface area (Å²) in [4.78, 5) is 6.79. The fraction of sp³-hybridized carbons (Fsp3) is 0.462. The molecule has 4 heteroatoms. The molecule has 90 valence electrons. The van der Waals surface area contributed by atoms with Crippen LogP contribution in [0.15, 0.2) is 29.3 Å². The Morgan fingerprint density at radius 1 is 1.35 bits per heavy atom. The molecular weight excluding hydrogens is 217 g/mol. The van der Waals surface area contributed by atoms with Crippen molar-refractivity contribution in [3.63, 3.8) is 0 Å². The lowest BCUT2D eigenvalue weighted by molar-refractivity contribution is 0.305. The van der Waals surface area contributed by atoms with E-state index in [2.05, 4.69) is 22.1 Å². The van der Waals surface area contributed by atoms with E-state index >= 15 is 0 Å². The molecule has 17 heavy (non-hydrogen) atoms. The Bertz CT molecular complexity index is 440. The molecule has 0 aromatic heterocycles. The molecule has 1 saturated heterocycles. The van der Waals surface area contributed by atoms with E-state index in [1.165, 1.54) is 17.7 Å². The number of nitrogens with zero attached hydrogens (tertiary/aromatic N) is 2. The van der Waals surface area contributed by atoms with Gasteiger partial charge in [-0.1, -0.05) is 12.1 Å². The van der Waals surface area contributed by atoms with Crippen molar-refractivity contribution >= 4 is 5.96 Å². The quantitative estimate of drug-likeness (QED) is 0.802. The second-order valence-electron chi connectivity index (χ2n) is 4.76. The van der Waals surface area contributed by atoms with Gasteiger partial charge in [-0.25, -0.2) is 4.39 Å². The van der Waals surface area contributed by atoms with Gasteiger partial charge in [-0.3, -0.25) is 4.99 Å². The molecule has 0 amide bonds. The predicted octanol–water partition coefficient (Wildman–Crippen LogP) is 1.92. The van der Waals surface area contributed by atoms with Crippen molar-refractivity contribution in [2.75, 3.05) is 13.1 Å². The maximum absolute atomic E-state index is 12.9. The zero-order valence-electron chi connectivity index (χ0n) is 9.86. The molecule has 0 spiro atoms. The van der Waals surface area contributed by atoms with E-state index in [-0.39, 0.29) is 5.82 Å². The molecule has 2 aliphatic rings. The SMILES string of the molecule is CC1CN2C(=NCCC2c2ccc(F)cc2)N1. The fourth-order valence-electron chi connectivity index (χ4n) is 2.62. The number of nitrogens with one attached hydrogen (secondary N) is 1. The third-order valence-corrected chi connectivity index (χ3v) is 3.41. The number of fused-ring (bicyclic) bond motifs is 1. The molecule has 3 rings (SSSR count). The summed E-state index contributed by atoms with van der Waals surface area (Å²) >= 11 is 0. The molecule has 0 bridgehead atoms. The highest BCUT2D eigenvalue weighted by molar-refractivity contribution is 5.83. The predicted molar refractivity (Wildman–Crippen MR) is 65.4 cm³/mol. The topological polar surface area (TPSA) is 27.6 Å². The zero-order chi connectivity index (χ0) is 11.8. The number of rotatable bonds is 1. The number of hydrogen-bond acceptors (Lipinski definition) is 3. The largest absolute Gasteiger partial charge is 0.352 e. The van der Waals surface area contributed by atoms with Crippen LogP contribution in [0.1, 0.15) is 24.9 Å². The van der Waals surface area contributed by atoms with Crippen LogP contribution in [-0.2, 0) is 0 Å². The molecule has 3 nitrogen and oxygen atoms in total. The van der Waals surface area contributed by atoms with E-state index in [1.807, 2.05) is 12.1 Å². The minimum Gasteiger partial charge on any atom is -0.352 e. The third kappa shape index (κ3) is 1.88. The van der Waals surface area contributed by atoms with Gasteiger partial charge in [0.2, 0.25) is 0 Å². The number of halogens is 1.